The van der Waals surface area contributed by atoms with E-state index in [0.717, 1.165) is 18.4 Å². The Kier molecular flexibility index (Phi) is 4.20. The average molecular weight is 185 g/mol. The minimum atomic E-state index is 0.311. The quantitative estimate of drug-likeness (QED) is 0.684. The van der Waals surface area contributed by atoms with Crippen molar-refractivity contribution in [1.29, 1.82) is 0 Å². The summed E-state index contributed by atoms with van der Waals surface area (Å²) in [5, 5.41) is 3.53. The molecule has 0 aromatic heterocycles. The predicted octanol–water partition coefficient (Wildman–Crippen LogP) is 2.05. The van der Waals surface area contributed by atoms with E-state index in [1.54, 1.807) is 7.11 Å². The topological polar surface area (TPSA) is 21.3 Å². The van der Waals surface area contributed by atoms with Crippen LogP contribution in [0.2, 0.25) is 0 Å². The third kappa shape index (κ3) is 3.65. The molecule has 3 atom stereocenters. The SMILES string of the molecule is COC(C)C(C)NCC(C)C1CC1. The summed E-state index contributed by atoms with van der Waals surface area (Å²) in [6, 6.07) is 0.464. The number of hydrogen-bond acceptors (Lipinski definition) is 2. The van der Waals surface area contributed by atoms with Gasteiger partial charge in [0.2, 0.25) is 0 Å². The molecular weight excluding hydrogens is 162 g/mol. The summed E-state index contributed by atoms with van der Waals surface area (Å²) in [6.45, 7) is 7.78. The van der Waals surface area contributed by atoms with Crippen LogP contribution < -0.4 is 5.32 Å². The van der Waals surface area contributed by atoms with Gasteiger partial charge < -0.3 is 10.1 Å². The van der Waals surface area contributed by atoms with E-state index in [4.69, 9.17) is 4.74 Å². The first kappa shape index (κ1) is 11.0. The maximum absolute atomic E-state index is 5.26. The fraction of sp³-hybridized carbons (Fsp3) is 1.00. The van der Waals surface area contributed by atoms with Gasteiger partial charge in [0.15, 0.2) is 0 Å². The van der Waals surface area contributed by atoms with Gasteiger partial charge in [-0.25, -0.2) is 0 Å². The highest BCUT2D eigenvalue weighted by atomic mass is 16.5. The van der Waals surface area contributed by atoms with Crippen molar-refractivity contribution in [2.24, 2.45) is 11.8 Å². The average Bonchev–Trinajstić information content (AvgIpc) is 2.95. The molecule has 0 aromatic carbocycles. The van der Waals surface area contributed by atoms with Crippen LogP contribution in [0.4, 0.5) is 0 Å². The van der Waals surface area contributed by atoms with Crippen molar-refractivity contribution in [2.75, 3.05) is 13.7 Å². The predicted molar refractivity (Wildman–Crippen MR) is 55.8 cm³/mol. The lowest BCUT2D eigenvalue weighted by molar-refractivity contribution is 0.0871. The van der Waals surface area contributed by atoms with Gasteiger partial charge in [-0.3, -0.25) is 0 Å². The third-order valence-corrected chi connectivity index (χ3v) is 3.26. The molecule has 0 bridgehead atoms. The molecule has 2 nitrogen and oxygen atoms in total. The van der Waals surface area contributed by atoms with Crippen LogP contribution in [0.15, 0.2) is 0 Å². The van der Waals surface area contributed by atoms with E-state index in [9.17, 15) is 0 Å². The van der Waals surface area contributed by atoms with Gasteiger partial charge in [-0.1, -0.05) is 6.92 Å². The van der Waals surface area contributed by atoms with Gasteiger partial charge in [0.1, 0.15) is 0 Å². The lowest BCUT2D eigenvalue weighted by atomic mass is 10.1. The molecule has 1 aliphatic rings. The fourth-order valence-electron chi connectivity index (χ4n) is 1.57. The highest BCUT2D eigenvalue weighted by molar-refractivity contribution is 4.81. The first-order valence-electron chi connectivity index (χ1n) is 5.41. The Morgan fingerprint density at radius 1 is 1.31 bits per heavy atom. The molecule has 1 fully saturated rings. The van der Waals surface area contributed by atoms with E-state index in [-0.39, 0.29) is 0 Å². The van der Waals surface area contributed by atoms with Crippen LogP contribution in [0.25, 0.3) is 0 Å². The van der Waals surface area contributed by atoms with Gasteiger partial charge in [0, 0.05) is 13.2 Å². The lowest BCUT2D eigenvalue weighted by Crippen LogP contribution is -2.39. The second kappa shape index (κ2) is 4.97. The molecule has 0 spiro atoms. The number of ether oxygens (including phenoxy) is 1. The van der Waals surface area contributed by atoms with Crippen molar-refractivity contribution in [1.82, 2.24) is 5.32 Å². The first-order valence-corrected chi connectivity index (χ1v) is 5.41. The molecule has 0 heterocycles. The molecule has 1 aliphatic carbocycles. The highest BCUT2D eigenvalue weighted by Crippen LogP contribution is 2.36. The van der Waals surface area contributed by atoms with Crippen molar-refractivity contribution >= 4 is 0 Å². The summed E-state index contributed by atoms with van der Waals surface area (Å²) in [6.07, 6.45) is 3.19. The lowest BCUT2D eigenvalue weighted by Gasteiger charge is -2.22. The van der Waals surface area contributed by atoms with Crippen LogP contribution in [0.1, 0.15) is 33.6 Å². The molecule has 1 N–H and O–H groups in total. The smallest absolute Gasteiger partial charge is 0.0693 e. The zero-order valence-corrected chi connectivity index (χ0v) is 9.34. The summed E-state index contributed by atoms with van der Waals surface area (Å²) in [5.41, 5.74) is 0. The molecule has 1 rings (SSSR count). The summed E-state index contributed by atoms with van der Waals surface area (Å²) in [7, 11) is 1.77. The van der Waals surface area contributed by atoms with Gasteiger partial charge in [-0.2, -0.15) is 0 Å². The van der Waals surface area contributed by atoms with Crippen molar-refractivity contribution in [3.05, 3.63) is 0 Å². The first-order chi connectivity index (χ1) is 6.15. The largest absolute Gasteiger partial charge is 0.380 e. The second-order valence-corrected chi connectivity index (χ2v) is 4.45. The van der Waals surface area contributed by atoms with Gasteiger partial charge in [-0.15, -0.1) is 0 Å². The van der Waals surface area contributed by atoms with Crippen LogP contribution in [-0.2, 0) is 4.74 Å². The summed E-state index contributed by atoms with van der Waals surface area (Å²) in [4.78, 5) is 0. The molecule has 0 amide bonds. The normalized spacial score (nSPS) is 24.0. The zero-order chi connectivity index (χ0) is 9.84. The number of hydrogen-bond donors (Lipinski definition) is 1. The van der Waals surface area contributed by atoms with E-state index in [0.29, 0.717) is 12.1 Å². The minimum absolute atomic E-state index is 0.311. The third-order valence-electron chi connectivity index (χ3n) is 3.26. The Morgan fingerprint density at radius 2 is 1.92 bits per heavy atom. The Morgan fingerprint density at radius 3 is 2.38 bits per heavy atom. The van der Waals surface area contributed by atoms with Crippen LogP contribution in [0.3, 0.4) is 0 Å². The maximum Gasteiger partial charge on any atom is 0.0693 e. The van der Waals surface area contributed by atoms with Crippen molar-refractivity contribution in [3.8, 4) is 0 Å². The molecule has 0 radical (unpaired) electrons. The fourth-order valence-corrected chi connectivity index (χ4v) is 1.57. The number of rotatable bonds is 6. The van der Waals surface area contributed by atoms with Gasteiger partial charge >= 0.3 is 0 Å². The summed E-state index contributed by atoms with van der Waals surface area (Å²) >= 11 is 0. The van der Waals surface area contributed by atoms with Crippen molar-refractivity contribution < 1.29 is 4.74 Å². The van der Waals surface area contributed by atoms with E-state index >= 15 is 0 Å². The monoisotopic (exact) mass is 185 g/mol. The van der Waals surface area contributed by atoms with Crippen LogP contribution >= 0.6 is 0 Å². The Balaban J connectivity index is 2.09. The number of nitrogens with one attached hydrogen (secondary N) is 1. The molecule has 2 heteroatoms. The van der Waals surface area contributed by atoms with Crippen LogP contribution in [-0.4, -0.2) is 25.8 Å². The van der Waals surface area contributed by atoms with Crippen molar-refractivity contribution in [3.63, 3.8) is 0 Å². The minimum Gasteiger partial charge on any atom is -0.380 e. The molecule has 13 heavy (non-hydrogen) atoms. The molecule has 0 aromatic rings. The Hall–Kier alpha value is -0.0800. The second-order valence-electron chi connectivity index (χ2n) is 4.45. The van der Waals surface area contributed by atoms with E-state index in [1.807, 2.05) is 0 Å². The van der Waals surface area contributed by atoms with Crippen LogP contribution in [0, 0.1) is 11.8 Å². The highest BCUT2D eigenvalue weighted by Gasteiger charge is 2.27. The molecular formula is C11H23NO. The molecule has 0 saturated heterocycles. The molecule has 3 unspecified atom stereocenters. The standard InChI is InChI=1S/C11H23NO/c1-8(11-5-6-11)7-12-9(2)10(3)13-4/h8-12H,5-7H2,1-4H3. The van der Waals surface area contributed by atoms with Crippen LogP contribution in [0.5, 0.6) is 0 Å². The number of methoxy groups -OCH3 is 1. The van der Waals surface area contributed by atoms with E-state index in [2.05, 4.69) is 26.1 Å². The van der Waals surface area contributed by atoms with Gasteiger partial charge in [-0.05, 0) is 45.1 Å². The van der Waals surface area contributed by atoms with Gasteiger partial charge in [0.25, 0.3) is 0 Å². The Bertz CT molecular complexity index is 145. The molecule has 0 aliphatic heterocycles. The van der Waals surface area contributed by atoms with Crippen molar-refractivity contribution in [2.45, 2.75) is 45.8 Å². The summed E-state index contributed by atoms with van der Waals surface area (Å²) in [5.74, 6) is 1.84. The Labute approximate surface area is 82.0 Å². The van der Waals surface area contributed by atoms with Gasteiger partial charge in [0.05, 0.1) is 6.10 Å². The molecule has 1 saturated carbocycles. The molecule has 78 valence electrons. The maximum atomic E-state index is 5.26. The summed E-state index contributed by atoms with van der Waals surface area (Å²) < 4.78 is 5.26. The van der Waals surface area contributed by atoms with E-state index in [1.165, 1.54) is 12.8 Å². The van der Waals surface area contributed by atoms with E-state index < -0.39 is 0 Å². The zero-order valence-electron chi connectivity index (χ0n) is 9.34.